The van der Waals surface area contributed by atoms with Gasteiger partial charge in [-0.05, 0) is 66.7 Å². The molecule has 8 heteroatoms. The number of hydrogen-bond donors (Lipinski definition) is 2. The van der Waals surface area contributed by atoms with E-state index < -0.39 is 0 Å². The Morgan fingerprint density at radius 2 is 1.34 bits per heavy atom. The van der Waals surface area contributed by atoms with E-state index >= 15 is 0 Å². The van der Waals surface area contributed by atoms with E-state index in [0.29, 0.717) is 27.0 Å². The van der Waals surface area contributed by atoms with Crippen molar-refractivity contribution in [3.8, 4) is 0 Å². The Morgan fingerprint density at radius 3 is 2.00 bits per heavy atom. The molecule has 0 aliphatic heterocycles. The number of carbonyl (C=O) groups is 2. The number of hydrogen-bond acceptors (Lipinski definition) is 3. The molecular formula is C21H15Cl3N2O2S. The predicted octanol–water partition coefficient (Wildman–Crippen LogP) is 6.63. The Morgan fingerprint density at radius 1 is 0.759 bits per heavy atom. The molecule has 3 rings (SSSR count). The predicted molar refractivity (Wildman–Crippen MR) is 122 cm³/mol. The first-order chi connectivity index (χ1) is 13.9. The van der Waals surface area contributed by atoms with Crippen LogP contribution in [0.3, 0.4) is 0 Å². The van der Waals surface area contributed by atoms with E-state index in [1.165, 1.54) is 17.8 Å². The van der Waals surface area contributed by atoms with Crippen LogP contribution in [-0.4, -0.2) is 17.6 Å². The lowest BCUT2D eigenvalue weighted by molar-refractivity contribution is -0.113. The smallest absolute Gasteiger partial charge is 0.257 e. The van der Waals surface area contributed by atoms with Gasteiger partial charge in [0.05, 0.1) is 16.3 Å². The van der Waals surface area contributed by atoms with Gasteiger partial charge in [-0.15, -0.1) is 11.8 Å². The molecule has 0 aromatic heterocycles. The Hall–Kier alpha value is -2.18. The fraction of sp³-hybridized carbons (Fsp3) is 0.0476. The maximum Gasteiger partial charge on any atom is 0.257 e. The Bertz CT molecular complexity index is 1030. The van der Waals surface area contributed by atoms with Crippen molar-refractivity contribution < 1.29 is 9.59 Å². The van der Waals surface area contributed by atoms with Crippen LogP contribution in [0.15, 0.2) is 71.6 Å². The molecule has 0 heterocycles. The van der Waals surface area contributed by atoms with Gasteiger partial charge in [-0.2, -0.15) is 0 Å². The molecule has 0 aliphatic rings. The highest BCUT2D eigenvalue weighted by Gasteiger charge is 2.11. The molecule has 0 aliphatic carbocycles. The zero-order valence-electron chi connectivity index (χ0n) is 14.9. The third-order valence-corrected chi connectivity index (χ3v) is 5.60. The maximum absolute atomic E-state index is 12.3. The summed E-state index contributed by atoms with van der Waals surface area (Å²) < 4.78 is 0. The van der Waals surface area contributed by atoms with Gasteiger partial charge in [0, 0.05) is 26.3 Å². The van der Waals surface area contributed by atoms with Crippen LogP contribution >= 0.6 is 46.6 Å². The molecule has 0 fully saturated rings. The fourth-order valence-corrected chi connectivity index (χ4v) is 3.70. The summed E-state index contributed by atoms with van der Waals surface area (Å²) in [6.45, 7) is 0. The summed E-state index contributed by atoms with van der Waals surface area (Å²) in [6, 6.07) is 18.8. The molecule has 0 unspecified atom stereocenters. The molecule has 3 aromatic carbocycles. The van der Waals surface area contributed by atoms with E-state index in [0.717, 1.165) is 4.90 Å². The molecule has 0 atom stereocenters. The minimum Gasteiger partial charge on any atom is -0.325 e. The van der Waals surface area contributed by atoms with Crippen LogP contribution in [0.25, 0.3) is 0 Å². The van der Waals surface area contributed by atoms with Gasteiger partial charge in [0.2, 0.25) is 5.91 Å². The van der Waals surface area contributed by atoms with E-state index in [2.05, 4.69) is 10.6 Å². The third kappa shape index (κ3) is 6.41. The Kier molecular flexibility index (Phi) is 7.45. The summed E-state index contributed by atoms with van der Waals surface area (Å²) >= 11 is 19.1. The fourth-order valence-electron chi connectivity index (χ4n) is 2.39. The van der Waals surface area contributed by atoms with E-state index in [4.69, 9.17) is 34.8 Å². The molecule has 148 valence electrons. The van der Waals surface area contributed by atoms with Crippen molar-refractivity contribution in [2.45, 2.75) is 4.90 Å². The number of amides is 2. The molecular weight excluding hydrogens is 451 g/mol. The molecule has 2 amide bonds. The van der Waals surface area contributed by atoms with Crippen LogP contribution in [0.2, 0.25) is 15.1 Å². The van der Waals surface area contributed by atoms with Crippen molar-refractivity contribution in [1.82, 2.24) is 0 Å². The first-order valence-electron chi connectivity index (χ1n) is 8.45. The number of thioether (sulfide) groups is 1. The number of nitrogens with one attached hydrogen (secondary N) is 2. The van der Waals surface area contributed by atoms with Gasteiger partial charge in [0.15, 0.2) is 0 Å². The number of carbonyl (C=O) groups excluding carboxylic acids is 2. The van der Waals surface area contributed by atoms with E-state index in [9.17, 15) is 9.59 Å². The largest absolute Gasteiger partial charge is 0.325 e. The minimum atomic E-state index is -0.325. The van der Waals surface area contributed by atoms with Gasteiger partial charge in [0.25, 0.3) is 5.91 Å². The molecule has 3 aromatic rings. The van der Waals surface area contributed by atoms with Crippen LogP contribution in [-0.2, 0) is 4.79 Å². The standard InChI is InChI=1S/C21H15Cl3N2O2S/c22-13-1-4-15(5-2-13)25-20(27)12-29-17-8-6-16(7-9-17)26-21(28)18-10-3-14(23)11-19(18)24/h1-11H,12H2,(H,25,27)(H,26,28). The van der Waals surface area contributed by atoms with Crippen molar-refractivity contribution in [3.05, 3.63) is 87.4 Å². The summed E-state index contributed by atoms with van der Waals surface area (Å²) in [5.74, 6) is -0.184. The second kappa shape index (κ2) is 10.0. The average molecular weight is 466 g/mol. The number of benzene rings is 3. The summed E-state index contributed by atoms with van der Waals surface area (Å²) in [4.78, 5) is 25.3. The summed E-state index contributed by atoms with van der Waals surface area (Å²) in [5, 5.41) is 6.95. The average Bonchev–Trinajstić information content (AvgIpc) is 2.69. The van der Waals surface area contributed by atoms with Crippen LogP contribution in [0.4, 0.5) is 11.4 Å². The summed E-state index contributed by atoms with van der Waals surface area (Å²) in [5.41, 5.74) is 1.66. The highest BCUT2D eigenvalue weighted by atomic mass is 35.5. The van der Waals surface area contributed by atoms with Gasteiger partial charge in [-0.3, -0.25) is 9.59 Å². The first-order valence-corrected chi connectivity index (χ1v) is 10.6. The zero-order chi connectivity index (χ0) is 20.8. The minimum absolute atomic E-state index is 0.118. The summed E-state index contributed by atoms with van der Waals surface area (Å²) in [6.07, 6.45) is 0. The van der Waals surface area contributed by atoms with Gasteiger partial charge in [-0.25, -0.2) is 0 Å². The van der Waals surface area contributed by atoms with Crippen LogP contribution in [0.5, 0.6) is 0 Å². The van der Waals surface area contributed by atoms with E-state index in [-0.39, 0.29) is 22.6 Å². The van der Waals surface area contributed by atoms with Gasteiger partial charge < -0.3 is 10.6 Å². The van der Waals surface area contributed by atoms with Gasteiger partial charge in [0.1, 0.15) is 0 Å². The normalized spacial score (nSPS) is 10.4. The first kappa shape index (κ1) is 21.5. The third-order valence-electron chi connectivity index (χ3n) is 3.79. The van der Waals surface area contributed by atoms with Crippen molar-refractivity contribution in [1.29, 1.82) is 0 Å². The topological polar surface area (TPSA) is 58.2 Å². The van der Waals surface area contributed by atoms with Crippen LogP contribution < -0.4 is 10.6 Å². The number of anilines is 2. The zero-order valence-corrected chi connectivity index (χ0v) is 18.0. The van der Waals surface area contributed by atoms with Crippen molar-refractivity contribution in [2.24, 2.45) is 0 Å². The lowest BCUT2D eigenvalue weighted by Crippen LogP contribution is -2.14. The molecule has 0 radical (unpaired) electrons. The quantitative estimate of drug-likeness (QED) is 0.402. The van der Waals surface area contributed by atoms with Gasteiger partial charge in [-0.1, -0.05) is 34.8 Å². The molecule has 2 N–H and O–H groups in total. The number of rotatable bonds is 6. The Balaban J connectivity index is 1.52. The maximum atomic E-state index is 12.3. The highest BCUT2D eigenvalue weighted by molar-refractivity contribution is 8.00. The van der Waals surface area contributed by atoms with E-state index in [1.807, 2.05) is 12.1 Å². The molecule has 0 spiro atoms. The summed E-state index contributed by atoms with van der Waals surface area (Å²) in [7, 11) is 0. The van der Waals surface area contributed by atoms with E-state index in [1.54, 1.807) is 48.5 Å². The SMILES string of the molecule is O=C(CSc1ccc(NC(=O)c2ccc(Cl)cc2Cl)cc1)Nc1ccc(Cl)cc1. The van der Waals surface area contributed by atoms with Crippen LogP contribution in [0, 0.1) is 0 Å². The van der Waals surface area contributed by atoms with Crippen molar-refractivity contribution in [3.63, 3.8) is 0 Å². The lowest BCUT2D eigenvalue weighted by Gasteiger charge is -2.08. The van der Waals surface area contributed by atoms with Gasteiger partial charge >= 0.3 is 0 Å². The Labute approximate surface area is 187 Å². The lowest BCUT2D eigenvalue weighted by atomic mass is 10.2. The highest BCUT2D eigenvalue weighted by Crippen LogP contribution is 2.24. The molecule has 29 heavy (non-hydrogen) atoms. The van der Waals surface area contributed by atoms with Crippen LogP contribution in [0.1, 0.15) is 10.4 Å². The molecule has 0 saturated carbocycles. The molecule has 0 saturated heterocycles. The number of halogens is 3. The van der Waals surface area contributed by atoms with Crippen molar-refractivity contribution in [2.75, 3.05) is 16.4 Å². The molecule has 4 nitrogen and oxygen atoms in total. The van der Waals surface area contributed by atoms with Crippen molar-refractivity contribution >= 4 is 69.8 Å². The monoisotopic (exact) mass is 464 g/mol. The second-order valence-electron chi connectivity index (χ2n) is 5.95. The molecule has 0 bridgehead atoms. The second-order valence-corrected chi connectivity index (χ2v) is 8.28.